The van der Waals surface area contributed by atoms with Crippen molar-refractivity contribution < 1.29 is 4.42 Å². The van der Waals surface area contributed by atoms with E-state index in [1.807, 2.05) is 20.0 Å². The number of furan rings is 1. The highest BCUT2D eigenvalue weighted by atomic mass is 16.3. The van der Waals surface area contributed by atoms with Crippen LogP contribution in [0.15, 0.2) is 16.8 Å². The van der Waals surface area contributed by atoms with Crippen molar-refractivity contribution in [2.24, 2.45) is 0 Å². The van der Waals surface area contributed by atoms with Gasteiger partial charge >= 0.3 is 0 Å². The van der Waals surface area contributed by atoms with Gasteiger partial charge in [-0.25, -0.2) is 4.98 Å². The minimum absolute atomic E-state index is 0.101. The highest BCUT2D eigenvalue weighted by Gasteiger charge is 2.25. The molecule has 0 saturated carbocycles. The van der Waals surface area contributed by atoms with Crippen LogP contribution in [0.5, 0.6) is 0 Å². The summed E-state index contributed by atoms with van der Waals surface area (Å²) in [6, 6.07) is 0.101. The number of hydrogen-bond donors (Lipinski definition) is 1. The van der Waals surface area contributed by atoms with Gasteiger partial charge < -0.3 is 14.3 Å². The Kier molecular flexibility index (Phi) is 5.23. The van der Waals surface area contributed by atoms with Crippen LogP contribution in [0.2, 0.25) is 0 Å². The molecule has 0 spiro atoms. The number of rotatable bonds is 7. The van der Waals surface area contributed by atoms with E-state index >= 15 is 0 Å². The van der Waals surface area contributed by atoms with Crippen molar-refractivity contribution in [1.82, 2.24) is 14.9 Å². The average Bonchev–Trinajstić information content (AvgIpc) is 2.99. The van der Waals surface area contributed by atoms with E-state index in [1.54, 1.807) is 0 Å². The maximum absolute atomic E-state index is 5.83. The van der Waals surface area contributed by atoms with E-state index in [9.17, 15) is 0 Å². The summed E-state index contributed by atoms with van der Waals surface area (Å²) in [5.41, 5.74) is 2.47. The lowest BCUT2D eigenvalue weighted by atomic mass is 10.0. The number of nitrogens with zero attached hydrogens (tertiary/aromatic N) is 2. The predicted octanol–water partition coefficient (Wildman–Crippen LogP) is 3.90. The van der Waals surface area contributed by atoms with Crippen LogP contribution in [0.3, 0.4) is 0 Å². The van der Waals surface area contributed by atoms with E-state index in [0.717, 1.165) is 43.3 Å². The Morgan fingerprint density at radius 2 is 1.95 bits per heavy atom. The fraction of sp³-hybridized carbons (Fsp3) is 0.588. The second-order valence-electron chi connectivity index (χ2n) is 5.62. The Bertz CT molecular complexity index is 583. The molecule has 1 N–H and O–H groups in total. The van der Waals surface area contributed by atoms with Crippen LogP contribution in [-0.2, 0) is 6.54 Å². The first-order valence-corrected chi connectivity index (χ1v) is 7.91. The standard InChI is InChI=1S/C17H27N3O/c1-6-8-18-16(15-12(3)13(4)21-14(15)5)17-19-9-11-20(17)10-7-2/h9,11,16,18H,6-8,10H2,1-5H3. The first-order valence-electron chi connectivity index (χ1n) is 7.91. The molecule has 116 valence electrons. The number of aromatic nitrogens is 2. The third-order valence-corrected chi connectivity index (χ3v) is 3.98. The quantitative estimate of drug-likeness (QED) is 0.840. The molecule has 0 aliphatic rings. The van der Waals surface area contributed by atoms with Crippen molar-refractivity contribution in [1.29, 1.82) is 0 Å². The highest BCUT2D eigenvalue weighted by molar-refractivity contribution is 5.37. The third-order valence-electron chi connectivity index (χ3n) is 3.98. The summed E-state index contributed by atoms with van der Waals surface area (Å²) < 4.78 is 8.07. The monoisotopic (exact) mass is 289 g/mol. The van der Waals surface area contributed by atoms with Gasteiger partial charge in [0.1, 0.15) is 17.3 Å². The van der Waals surface area contributed by atoms with Gasteiger partial charge in [0.15, 0.2) is 0 Å². The zero-order valence-corrected chi connectivity index (χ0v) is 13.9. The SMILES string of the molecule is CCCNC(c1c(C)oc(C)c1C)c1nccn1CCC. The van der Waals surface area contributed by atoms with E-state index in [4.69, 9.17) is 4.42 Å². The Hall–Kier alpha value is -1.55. The molecule has 0 fully saturated rings. The Labute approximate surface area is 127 Å². The fourth-order valence-electron chi connectivity index (χ4n) is 2.86. The van der Waals surface area contributed by atoms with E-state index in [-0.39, 0.29) is 6.04 Å². The smallest absolute Gasteiger partial charge is 0.130 e. The molecular weight excluding hydrogens is 262 g/mol. The predicted molar refractivity (Wildman–Crippen MR) is 85.6 cm³/mol. The summed E-state index contributed by atoms with van der Waals surface area (Å²) in [7, 11) is 0. The van der Waals surface area contributed by atoms with Crippen LogP contribution in [-0.4, -0.2) is 16.1 Å². The van der Waals surface area contributed by atoms with Gasteiger partial charge in [-0.05, 0) is 45.7 Å². The molecule has 1 atom stereocenters. The second-order valence-corrected chi connectivity index (χ2v) is 5.62. The molecule has 0 aliphatic heterocycles. The van der Waals surface area contributed by atoms with Crippen molar-refractivity contribution in [3.63, 3.8) is 0 Å². The summed E-state index contributed by atoms with van der Waals surface area (Å²) in [5, 5.41) is 3.64. The summed E-state index contributed by atoms with van der Waals surface area (Å²) in [6.45, 7) is 12.5. The molecule has 4 heteroatoms. The van der Waals surface area contributed by atoms with E-state index in [1.165, 1.54) is 11.1 Å². The number of aryl methyl sites for hydroxylation is 3. The molecule has 2 aromatic rings. The molecular formula is C17H27N3O. The Balaban J connectivity index is 2.45. The summed E-state index contributed by atoms with van der Waals surface area (Å²) in [6.07, 6.45) is 6.16. The first-order chi connectivity index (χ1) is 10.1. The molecule has 0 amide bonds. The fourth-order valence-corrected chi connectivity index (χ4v) is 2.86. The van der Waals surface area contributed by atoms with Gasteiger partial charge in [-0.3, -0.25) is 0 Å². The summed E-state index contributed by atoms with van der Waals surface area (Å²) in [4.78, 5) is 4.61. The van der Waals surface area contributed by atoms with Gasteiger partial charge in [0.2, 0.25) is 0 Å². The molecule has 0 radical (unpaired) electrons. The van der Waals surface area contributed by atoms with Gasteiger partial charge in [-0.15, -0.1) is 0 Å². The summed E-state index contributed by atoms with van der Waals surface area (Å²) in [5.74, 6) is 3.07. The second kappa shape index (κ2) is 6.94. The lowest BCUT2D eigenvalue weighted by molar-refractivity contribution is 0.484. The van der Waals surface area contributed by atoms with Gasteiger partial charge in [-0.2, -0.15) is 0 Å². The average molecular weight is 289 g/mol. The van der Waals surface area contributed by atoms with Crippen molar-refractivity contribution in [2.45, 2.75) is 60.0 Å². The minimum Gasteiger partial charge on any atom is -0.466 e. The van der Waals surface area contributed by atoms with Crippen LogP contribution in [0.25, 0.3) is 0 Å². The zero-order valence-electron chi connectivity index (χ0n) is 13.9. The van der Waals surface area contributed by atoms with Crippen LogP contribution in [0.1, 0.15) is 61.2 Å². The number of imidazole rings is 1. The van der Waals surface area contributed by atoms with Crippen molar-refractivity contribution in [3.8, 4) is 0 Å². The minimum atomic E-state index is 0.101. The maximum atomic E-state index is 5.83. The van der Waals surface area contributed by atoms with Gasteiger partial charge in [0, 0.05) is 24.5 Å². The van der Waals surface area contributed by atoms with Crippen LogP contribution in [0, 0.1) is 20.8 Å². The van der Waals surface area contributed by atoms with E-state index in [0.29, 0.717) is 0 Å². The highest BCUT2D eigenvalue weighted by Crippen LogP contribution is 2.31. The van der Waals surface area contributed by atoms with E-state index in [2.05, 4.69) is 41.8 Å². The van der Waals surface area contributed by atoms with Crippen LogP contribution in [0.4, 0.5) is 0 Å². The van der Waals surface area contributed by atoms with Crippen LogP contribution >= 0.6 is 0 Å². The molecule has 4 nitrogen and oxygen atoms in total. The molecule has 2 rings (SSSR count). The Morgan fingerprint density at radius 1 is 1.19 bits per heavy atom. The molecule has 1 unspecified atom stereocenters. The number of nitrogens with one attached hydrogen (secondary N) is 1. The Morgan fingerprint density at radius 3 is 2.52 bits per heavy atom. The summed E-state index contributed by atoms with van der Waals surface area (Å²) >= 11 is 0. The molecule has 21 heavy (non-hydrogen) atoms. The lowest BCUT2D eigenvalue weighted by Crippen LogP contribution is -2.27. The van der Waals surface area contributed by atoms with Crippen molar-refractivity contribution in [2.75, 3.05) is 6.54 Å². The lowest BCUT2D eigenvalue weighted by Gasteiger charge is -2.20. The van der Waals surface area contributed by atoms with Crippen LogP contribution < -0.4 is 5.32 Å². The molecule has 0 saturated heterocycles. The van der Waals surface area contributed by atoms with Gasteiger partial charge in [0.05, 0.1) is 6.04 Å². The maximum Gasteiger partial charge on any atom is 0.130 e. The van der Waals surface area contributed by atoms with Gasteiger partial charge in [-0.1, -0.05) is 13.8 Å². The van der Waals surface area contributed by atoms with Crippen molar-refractivity contribution in [3.05, 3.63) is 40.9 Å². The van der Waals surface area contributed by atoms with E-state index < -0.39 is 0 Å². The zero-order chi connectivity index (χ0) is 15.4. The topological polar surface area (TPSA) is 43.0 Å². The molecule has 2 aromatic heterocycles. The molecule has 2 heterocycles. The van der Waals surface area contributed by atoms with Gasteiger partial charge in [0.25, 0.3) is 0 Å². The largest absolute Gasteiger partial charge is 0.466 e. The molecule has 0 aliphatic carbocycles. The molecule has 0 aromatic carbocycles. The molecule has 0 bridgehead atoms. The normalized spacial score (nSPS) is 12.8. The third kappa shape index (κ3) is 3.21. The number of hydrogen-bond acceptors (Lipinski definition) is 3. The van der Waals surface area contributed by atoms with Crippen molar-refractivity contribution >= 4 is 0 Å². The first kappa shape index (κ1) is 15.8.